The van der Waals surface area contributed by atoms with Crippen LogP contribution in [0.1, 0.15) is 70.3 Å². The van der Waals surface area contributed by atoms with E-state index in [1.54, 1.807) is 42.5 Å². The van der Waals surface area contributed by atoms with Crippen LogP contribution in [0, 0.1) is 5.92 Å². The predicted octanol–water partition coefficient (Wildman–Crippen LogP) is 4.05. The number of hydrogen-bond acceptors (Lipinski definition) is 4. The molecule has 1 heterocycles. The lowest BCUT2D eigenvalue weighted by molar-refractivity contribution is 0.0642. The summed E-state index contributed by atoms with van der Waals surface area (Å²) in [6, 6.07) is 12.0. The third kappa shape index (κ3) is 4.53. The average molecular weight is 408 g/mol. The number of benzene rings is 2. The number of methoxy groups -OCH3 is 1. The van der Waals surface area contributed by atoms with Gasteiger partial charge in [0.1, 0.15) is 5.75 Å². The minimum atomic E-state index is -0.320. The lowest BCUT2D eigenvalue weighted by Crippen LogP contribution is -2.33. The minimum Gasteiger partial charge on any atom is -0.496 e. The van der Waals surface area contributed by atoms with Gasteiger partial charge in [-0.15, -0.1) is 0 Å². The molecule has 6 heteroatoms. The van der Waals surface area contributed by atoms with Crippen molar-refractivity contribution in [2.75, 3.05) is 7.11 Å². The quantitative estimate of drug-likeness (QED) is 0.669. The number of ether oxygens (including phenoxy) is 1. The van der Waals surface area contributed by atoms with Crippen LogP contribution in [0.5, 0.6) is 5.75 Å². The van der Waals surface area contributed by atoms with Crippen molar-refractivity contribution in [3.8, 4) is 5.75 Å². The Balaban J connectivity index is 1.77. The van der Waals surface area contributed by atoms with Crippen molar-refractivity contribution in [2.45, 2.75) is 46.2 Å². The molecule has 0 bridgehead atoms. The van der Waals surface area contributed by atoms with Gasteiger partial charge in [-0.3, -0.25) is 19.3 Å². The monoisotopic (exact) mass is 408 g/mol. The number of nitrogens with one attached hydrogen (secondary N) is 1. The molecule has 2 aromatic rings. The summed E-state index contributed by atoms with van der Waals surface area (Å²) >= 11 is 0. The van der Waals surface area contributed by atoms with Crippen molar-refractivity contribution < 1.29 is 19.1 Å². The van der Waals surface area contributed by atoms with Crippen molar-refractivity contribution in [2.24, 2.45) is 5.92 Å². The molecule has 1 unspecified atom stereocenters. The number of carbonyl (C=O) groups excluding carboxylic acids is 3. The molecule has 3 rings (SSSR count). The van der Waals surface area contributed by atoms with E-state index in [-0.39, 0.29) is 30.3 Å². The molecule has 0 radical (unpaired) electrons. The Morgan fingerprint density at radius 1 is 1.00 bits per heavy atom. The second-order valence-corrected chi connectivity index (χ2v) is 8.12. The highest BCUT2D eigenvalue weighted by Crippen LogP contribution is 2.26. The van der Waals surface area contributed by atoms with Gasteiger partial charge < -0.3 is 10.1 Å². The fraction of sp³-hybridized carbons (Fsp3) is 0.375. The maximum atomic E-state index is 12.8. The fourth-order valence-corrected chi connectivity index (χ4v) is 3.55. The van der Waals surface area contributed by atoms with Crippen molar-refractivity contribution in [3.05, 3.63) is 64.7 Å². The smallest absolute Gasteiger partial charge is 0.261 e. The predicted molar refractivity (Wildman–Crippen MR) is 115 cm³/mol. The summed E-state index contributed by atoms with van der Waals surface area (Å²) in [4.78, 5) is 39.3. The number of carbonyl (C=O) groups is 3. The summed E-state index contributed by atoms with van der Waals surface area (Å²) in [5.74, 6) is 0.156. The fourth-order valence-electron chi connectivity index (χ4n) is 3.55. The first-order valence-electron chi connectivity index (χ1n) is 10.2. The Hall–Kier alpha value is -3.15. The van der Waals surface area contributed by atoms with Crippen LogP contribution in [-0.4, -0.2) is 35.8 Å². The van der Waals surface area contributed by atoms with Crippen LogP contribution in [0.2, 0.25) is 0 Å². The van der Waals surface area contributed by atoms with Crippen LogP contribution in [0.4, 0.5) is 0 Å². The highest BCUT2D eigenvalue weighted by atomic mass is 16.5. The Morgan fingerprint density at radius 3 is 2.20 bits per heavy atom. The Kier molecular flexibility index (Phi) is 6.55. The number of fused-ring (bicyclic) bond motifs is 1. The molecule has 0 aliphatic carbocycles. The maximum Gasteiger partial charge on any atom is 0.261 e. The third-order valence-electron chi connectivity index (χ3n) is 5.28. The van der Waals surface area contributed by atoms with Crippen LogP contribution < -0.4 is 10.1 Å². The molecule has 6 nitrogen and oxygen atoms in total. The first-order valence-corrected chi connectivity index (χ1v) is 10.2. The van der Waals surface area contributed by atoms with Crippen LogP contribution in [-0.2, 0) is 6.54 Å². The summed E-state index contributed by atoms with van der Waals surface area (Å²) in [6.45, 7) is 6.38. The molecular formula is C24H28N2O4. The van der Waals surface area contributed by atoms with Gasteiger partial charge in [-0.2, -0.15) is 0 Å². The summed E-state index contributed by atoms with van der Waals surface area (Å²) in [6.07, 6.45) is 1.92. The molecule has 0 saturated carbocycles. The molecule has 2 aromatic carbocycles. The lowest BCUT2D eigenvalue weighted by atomic mass is 10.0. The standard InChI is InChI=1S/C24H28N2O4/c1-15(2)9-10-16(3)25-22(27)20-13-17(11-12-21(20)30-4)14-26-23(28)18-7-5-6-8-19(18)24(26)29/h5-8,11-13,15-16H,9-10,14H2,1-4H3,(H,25,27). The summed E-state index contributed by atoms with van der Waals surface area (Å²) in [5, 5.41) is 3.01. The highest BCUT2D eigenvalue weighted by Gasteiger charge is 2.35. The van der Waals surface area contributed by atoms with E-state index in [1.165, 1.54) is 12.0 Å². The van der Waals surface area contributed by atoms with E-state index in [1.807, 2.05) is 6.92 Å². The molecule has 1 atom stereocenters. The summed E-state index contributed by atoms with van der Waals surface area (Å²) < 4.78 is 5.36. The number of nitrogens with zero attached hydrogens (tertiary/aromatic N) is 1. The van der Waals surface area contributed by atoms with E-state index >= 15 is 0 Å². The van der Waals surface area contributed by atoms with E-state index in [0.29, 0.717) is 33.9 Å². The van der Waals surface area contributed by atoms with Crippen LogP contribution in [0.25, 0.3) is 0 Å². The van der Waals surface area contributed by atoms with Gasteiger partial charge in [0.05, 0.1) is 30.3 Å². The lowest BCUT2D eigenvalue weighted by Gasteiger charge is -2.18. The van der Waals surface area contributed by atoms with Gasteiger partial charge in [-0.05, 0) is 55.5 Å². The van der Waals surface area contributed by atoms with Gasteiger partial charge >= 0.3 is 0 Å². The van der Waals surface area contributed by atoms with Crippen LogP contribution >= 0.6 is 0 Å². The average Bonchev–Trinajstić information content (AvgIpc) is 2.97. The second kappa shape index (κ2) is 9.11. The van der Waals surface area contributed by atoms with Gasteiger partial charge in [0.2, 0.25) is 0 Å². The Morgan fingerprint density at radius 2 is 1.63 bits per heavy atom. The first-order chi connectivity index (χ1) is 14.3. The molecule has 0 fully saturated rings. The summed E-state index contributed by atoms with van der Waals surface area (Å²) in [5.41, 5.74) is 1.90. The van der Waals surface area contributed by atoms with Crippen molar-refractivity contribution in [1.82, 2.24) is 10.2 Å². The van der Waals surface area contributed by atoms with E-state index < -0.39 is 0 Å². The Labute approximate surface area is 177 Å². The van der Waals surface area contributed by atoms with E-state index in [2.05, 4.69) is 19.2 Å². The molecule has 0 aromatic heterocycles. The topological polar surface area (TPSA) is 75.7 Å². The van der Waals surface area contributed by atoms with Crippen molar-refractivity contribution in [1.29, 1.82) is 0 Å². The minimum absolute atomic E-state index is 0.0319. The van der Waals surface area contributed by atoms with E-state index in [4.69, 9.17) is 4.74 Å². The first kappa shape index (κ1) is 21.6. The molecule has 3 amide bonds. The number of imide groups is 1. The largest absolute Gasteiger partial charge is 0.496 e. The maximum absolute atomic E-state index is 12.8. The molecule has 1 aliphatic heterocycles. The molecule has 0 saturated heterocycles. The van der Waals surface area contributed by atoms with E-state index in [9.17, 15) is 14.4 Å². The zero-order chi connectivity index (χ0) is 21.8. The SMILES string of the molecule is COc1ccc(CN2C(=O)c3ccccc3C2=O)cc1C(=O)NC(C)CCC(C)C. The second-order valence-electron chi connectivity index (χ2n) is 8.12. The molecule has 158 valence electrons. The van der Waals surface area contributed by atoms with E-state index in [0.717, 1.165) is 12.8 Å². The molecule has 30 heavy (non-hydrogen) atoms. The molecular weight excluding hydrogens is 380 g/mol. The zero-order valence-corrected chi connectivity index (χ0v) is 17.9. The van der Waals surface area contributed by atoms with Crippen molar-refractivity contribution >= 4 is 17.7 Å². The molecule has 0 spiro atoms. The zero-order valence-electron chi connectivity index (χ0n) is 17.9. The molecule has 1 aliphatic rings. The Bertz CT molecular complexity index is 932. The van der Waals surface area contributed by atoms with Gasteiger partial charge in [-0.25, -0.2) is 0 Å². The number of amides is 3. The van der Waals surface area contributed by atoms with Crippen molar-refractivity contribution in [3.63, 3.8) is 0 Å². The van der Waals surface area contributed by atoms with Crippen LogP contribution in [0.3, 0.4) is 0 Å². The number of rotatable bonds is 8. The van der Waals surface area contributed by atoms with Crippen LogP contribution in [0.15, 0.2) is 42.5 Å². The van der Waals surface area contributed by atoms with Gasteiger partial charge in [0.15, 0.2) is 0 Å². The van der Waals surface area contributed by atoms with Gasteiger partial charge in [0.25, 0.3) is 17.7 Å². The van der Waals surface area contributed by atoms with Gasteiger partial charge in [-0.1, -0.05) is 32.0 Å². The summed E-state index contributed by atoms with van der Waals surface area (Å²) in [7, 11) is 1.51. The third-order valence-corrected chi connectivity index (χ3v) is 5.28. The highest BCUT2D eigenvalue weighted by molar-refractivity contribution is 6.21. The van der Waals surface area contributed by atoms with Gasteiger partial charge in [0, 0.05) is 6.04 Å². The normalized spacial score (nSPS) is 14.1. The molecule has 1 N–H and O–H groups in total. The number of hydrogen-bond donors (Lipinski definition) is 1.